The number of halogens is 3. The summed E-state index contributed by atoms with van der Waals surface area (Å²) in [6.07, 6.45) is 3.86. The molecule has 4 aromatic rings. The molecule has 0 radical (unpaired) electrons. The molecular formula is C15H8BrClFN5O. The summed E-state index contributed by atoms with van der Waals surface area (Å²) in [6.45, 7) is 0. The van der Waals surface area contributed by atoms with Gasteiger partial charge in [-0.25, -0.2) is 8.91 Å². The van der Waals surface area contributed by atoms with Crippen LogP contribution in [-0.4, -0.2) is 26.2 Å². The molecule has 1 amide bonds. The maximum Gasteiger partial charge on any atom is 0.212 e. The molecular weight excluding hydrogens is 401 g/mol. The van der Waals surface area contributed by atoms with Crippen LogP contribution in [0.25, 0.3) is 27.5 Å². The molecule has 0 fully saturated rings. The second-order valence-corrected chi connectivity index (χ2v) is 6.22. The molecule has 3 heterocycles. The second-order valence-electron chi connectivity index (χ2n) is 5.05. The SMILES string of the molecule is O=CNc1cc2cc(-c3c(Cl)c(F)c(Br)c4[nH]ncc34)ccn2n1. The van der Waals surface area contributed by atoms with Gasteiger partial charge in [0, 0.05) is 23.2 Å². The summed E-state index contributed by atoms with van der Waals surface area (Å²) < 4.78 is 16.3. The number of pyridine rings is 1. The van der Waals surface area contributed by atoms with Crippen LogP contribution in [-0.2, 0) is 4.79 Å². The number of aromatic amines is 1. The molecule has 0 atom stereocenters. The van der Waals surface area contributed by atoms with E-state index in [-0.39, 0.29) is 9.50 Å². The molecule has 2 N–H and O–H groups in total. The van der Waals surface area contributed by atoms with Crippen LogP contribution in [0.3, 0.4) is 0 Å². The lowest BCUT2D eigenvalue weighted by Gasteiger charge is -2.09. The number of anilines is 1. The Balaban J connectivity index is 1.99. The molecule has 3 aromatic heterocycles. The van der Waals surface area contributed by atoms with E-state index in [1.807, 2.05) is 6.07 Å². The largest absolute Gasteiger partial charge is 0.312 e. The van der Waals surface area contributed by atoms with E-state index in [0.717, 1.165) is 5.52 Å². The number of benzene rings is 1. The zero-order valence-corrected chi connectivity index (χ0v) is 14.2. The zero-order chi connectivity index (χ0) is 16.8. The smallest absolute Gasteiger partial charge is 0.212 e. The summed E-state index contributed by atoms with van der Waals surface area (Å²) >= 11 is 9.44. The van der Waals surface area contributed by atoms with Crippen molar-refractivity contribution in [2.75, 3.05) is 5.32 Å². The summed E-state index contributed by atoms with van der Waals surface area (Å²) in [5.74, 6) is -0.135. The summed E-state index contributed by atoms with van der Waals surface area (Å²) in [5.41, 5.74) is 2.51. The number of H-pyrrole nitrogens is 1. The number of nitrogens with zero attached hydrogens (tertiary/aromatic N) is 3. The van der Waals surface area contributed by atoms with E-state index >= 15 is 0 Å². The molecule has 120 valence electrons. The first-order valence-electron chi connectivity index (χ1n) is 6.79. The molecule has 0 bridgehead atoms. The Labute approximate surface area is 147 Å². The van der Waals surface area contributed by atoms with Crippen molar-refractivity contribution >= 4 is 56.2 Å². The summed E-state index contributed by atoms with van der Waals surface area (Å²) in [7, 11) is 0. The van der Waals surface area contributed by atoms with Crippen LogP contribution in [0.4, 0.5) is 10.2 Å². The monoisotopic (exact) mass is 407 g/mol. The molecule has 0 aliphatic carbocycles. The van der Waals surface area contributed by atoms with Gasteiger partial charge in [0.2, 0.25) is 6.41 Å². The number of amides is 1. The van der Waals surface area contributed by atoms with Gasteiger partial charge in [-0.15, -0.1) is 0 Å². The Morgan fingerprint density at radius 1 is 1.42 bits per heavy atom. The molecule has 6 nitrogen and oxygen atoms in total. The van der Waals surface area contributed by atoms with Crippen LogP contribution >= 0.6 is 27.5 Å². The minimum absolute atomic E-state index is 0.00544. The molecule has 24 heavy (non-hydrogen) atoms. The molecule has 0 aliphatic rings. The van der Waals surface area contributed by atoms with Gasteiger partial charge in [-0.1, -0.05) is 11.6 Å². The summed E-state index contributed by atoms with van der Waals surface area (Å²) in [6, 6.07) is 5.28. The van der Waals surface area contributed by atoms with Crippen molar-refractivity contribution in [2.45, 2.75) is 0 Å². The molecule has 0 unspecified atom stereocenters. The normalized spacial score (nSPS) is 11.3. The highest BCUT2D eigenvalue weighted by Gasteiger charge is 2.20. The van der Waals surface area contributed by atoms with E-state index in [1.54, 1.807) is 29.0 Å². The number of aromatic nitrogens is 4. The second kappa shape index (κ2) is 5.57. The molecule has 1 aromatic carbocycles. The standard InChI is InChI=1S/C15H8BrClFN5O/c16-12-14(18)13(17)11(9-5-20-21-15(9)12)7-1-2-23-8(3-7)4-10(22-23)19-6-24/h1-6H,(H,20,21)(H,19,22,24). The van der Waals surface area contributed by atoms with E-state index in [9.17, 15) is 9.18 Å². The van der Waals surface area contributed by atoms with Crippen LogP contribution in [0.15, 0.2) is 35.1 Å². The van der Waals surface area contributed by atoms with Gasteiger partial charge in [0.25, 0.3) is 0 Å². The number of nitrogens with one attached hydrogen (secondary N) is 2. The average molecular weight is 409 g/mol. The van der Waals surface area contributed by atoms with Crippen molar-refractivity contribution in [3.05, 3.63) is 45.9 Å². The van der Waals surface area contributed by atoms with Crippen LogP contribution < -0.4 is 5.32 Å². The first kappa shape index (κ1) is 15.1. The van der Waals surface area contributed by atoms with E-state index in [0.29, 0.717) is 34.3 Å². The van der Waals surface area contributed by atoms with Crippen molar-refractivity contribution in [3.8, 4) is 11.1 Å². The highest BCUT2D eigenvalue weighted by Crippen LogP contribution is 2.41. The Morgan fingerprint density at radius 2 is 2.25 bits per heavy atom. The Hall–Kier alpha value is -2.45. The zero-order valence-electron chi connectivity index (χ0n) is 11.8. The number of hydrogen-bond acceptors (Lipinski definition) is 3. The van der Waals surface area contributed by atoms with Crippen molar-refractivity contribution in [1.82, 2.24) is 19.8 Å². The highest BCUT2D eigenvalue weighted by molar-refractivity contribution is 9.10. The quantitative estimate of drug-likeness (QED) is 0.397. The van der Waals surface area contributed by atoms with Gasteiger partial charge < -0.3 is 5.32 Å². The van der Waals surface area contributed by atoms with E-state index in [1.165, 1.54) is 0 Å². The van der Waals surface area contributed by atoms with Crippen molar-refractivity contribution in [1.29, 1.82) is 0 Å². The third kappa shape index (κ3) is 2.18. The Kier molecular flexibility index (Phi) is 3.50. The van der Waals surface area contributed by atoms with Crippen LogP contribution in [0.1, 0.15) is 0 Å². The number of carbonyl (C=O) groups is 1. The predicted molar refractivity (Wildman–Crippen MR) is 92.6 cm³/mol. The highest BCUT2D eigenvalue weighted by atomic mass is 79.9. The van der Waals surface area contributed by atoms with Gasteiger partial charge >= 0.3 is 0 Å². The lowest BCUT2D eigenvalue weighted by Crippen LogP contribution is -1.94. The molecule has 4 rings (SSSR count). The van der Waals surface area contributed by atoms with Gasteiger partial charge in [-0.2, -0.15) is 10.2 Å². The van der Waals surface area contributed by atoms with Gasteiger partial charge in [0.15, 0.2) is 11.6 Å². The molecule has 0 aliphatic heterocycles. The van der Waals surface area contributed by atoms with Gasteiger partial charge in [0.1, 0.15) is 0 Å². The van der Waals surface area contributed by atoms with E-state index < -0.39 is 5.82 Å². The predicted octanol–water partition coefficient (Wildman–Crippen LogP) is 4.00. The molecule has 0 saturated heterocycles. The third-order valence-corrected chi connectivity index (χ3v) is 4.79. The molecule has 9 heteroatoms. The van der Waals surface area contributed by atoms with Crippen LogP contribution in [0.2, 0.25) is 5.02 Å². The summed E-state index contributed by atoms with van der Waals surface area (Å²) in [5, 5.41) is 14.1. The fourth-order valence-electron chi connectivity index (χ4n) is 2.64. The lowest BCUT2D eigenvalue weighted by molar-refractivity contribution is -0.105. The van der Waals surface area contributed by atoms with Gasteiger partial charge in [0.05, 0.1) is 26.7 Å². The van der Waals surface area contributed by atoms with Crippen LogP contribution in [0, 0.1) is 5.82 Å². The Bertz CT molecular complexity index is 1110. The van der Waals surface area contributed by atoms with Crippen molar-refractivity contribution < 1.29 is 9.18 Å². The lowest BCUT2D eigenvalue weighted by atomic mass is 10.0. The topological polar surface area (TPSA) is 75.1 Å². The Morgan fingerprint density at radius 3 is 3.04 bits per heavy atom. The fourth-order valence-corrected chi connectivity index (χ4v) is 3.56. The maximum atomic E-state index is 14.4. The molecule has 0 spiro atoms. The molecule has 0 saturated carbocycles. The third-order valence-electron chi connectivity index (χ3n) is 3.69. The average Bonchev–Trinajstić information content (AvgIpc) is 3.19. The van der Waals surface area contributed by atoms with Gasteiger partial charge in [-0.05, 0) is 33.6 Å². The minimum Gasteiger partial charge on any atom is -0.312 e. The number of rotatable bonds is 3. The minimum atomic E-state index is -0.555. The fraction of sp³-hybridized carbons (Fsp3) is 0. The number of fused-ring (bicyclic) bond motifs is 2. The van der Waals surface area contributed by atoms with Gasteiger partial charge in [-0.3, -0.25) is 9.89 Å². The number of hydrogen-bond donors (Lipinski definition) is 2. The summed E-state index contributed by atoms with van der Waals surface area (Å²) in [4.78, 5) is 10.5. The van der Waals surface area contributed by atoms with Crippen molar-refractivity contribution in [3.63, 3.8) is 0 Å². The maximum absolute atomic E-state index is 14.4. The first-order valence-corrected chi connectivity index (χ1v) is 7.96. The van der Waals surface area contributed by atoms with E-state index in [4.69, 9.17) is 11.6 Å². The number of carbonyl (C=O) groups excluding carboxylic acids is 1. The first-order chi connectivity index (χ1) is 11.6. The van der Waals surface area contributed by atoms with Crippen LogP contribution in [0.5, 0.6) is 0 Å². The van der Waals surface area contributed by atoms with E-state index in [2.05, 4.69) is 36.5 Å². The van der Waals surface area contributed by atoms with Crippen molar-refractivity contribution in [2.24, 2.45) is 0 Å².